The number of ether oxygens (including phenoxy) is 5. The molecule has 0 aliphatic carbocycles. The van der Waals surface area contributed by atoms with E-state index in [4.69, 9.17) is 54.9 Å². The minimum absolute atomic E-state index is 0.0340. The highest BCUT2D eigenvalue weighted by atomic mass is 33.1. The highest BCUT2D eigenvalue weighted by Crippen LogP contribution is 2.66. The van der Waals surface area contributed by atoms with Crippen molar-refractivity contribution in [2.24, 2.45) is 0 Å². The molecule has 2 aromatic rings. The van der Waals surface area contributed by atoms with E-state index in [-0.39, 0.29) is 52.8 Å². The van der Waals surface area contributed by atoms with E-state index in [1.165, 1.54) is 10.8 Å². The number of methoxy groups -OCH3 is 1. The van der Waals surface area contributed by atoms with Gasteiger partial charge in [0.15, 0.2) is 5.65 Å². The van der Waals surface area contributed by atoms with Crippen molar-refractivity contribution in [1.82, 2.24) is 19.9 Å². The van der Waals surface area contributed by atoms with Crippen LogP contribution in [0.25, 0.3) is 11.0 Å². The lowest BCUT2D eigenvalue weighted by atomic mass is 10.1. The van der Waals surface area contributed by atoms with Crippen LogP contribution in [0, 0.1) is 11.8 Å². The quantitative estimate of drug-likeness (QED) is 0.0261. The van der Waals surface area contributed by atoms with E-state index in [2.05, 4.69) is 49.6 Å². The number of nitrogen functional groups attached to an aromatic ring is 1. The summed E-state index contributed by atoms with van der Waals surface area (Å²) in [5.74, 6) is 5.94. The van der Waals surface area contributed by atoms with Crippen LogP contribution in [-0.4, -0.2) is 115 Å². The van der Waals surface area contributed by atoms with Gasteiger partial charge in [0, 0.05) is 37.7 Å². The van der Waals surface area contributed by atoms with Gasteiger partial charge in [0.25, 0.3) is 5.56 Å². The molecule has 6 atom stereocenters. The second-order valence-electron chi connectivity index (χ2n) is 12.5. The van der Waals surface area contributed by atoms with Gasteiger partial charge in [0.05, 0.1) is 42.8 Å². The number of carbonyl (C=O) groups is 1. The third-order valence-corrected chi connectivity index (χ3v) is 14.8. The smallest absolute Gasteiger partial charge is 0.450 e. The second-order valence-corrected chi connectivity index (χ2v) is 22.9. The zero-order valence-corrected chi connectivity index (χ0v) is 37.1. The summed E-state index contributed by atoms with van der Waals surface area (Å²) in [7, 11) is -12.4. The maximum atomic E-state index is 13.0. The Labute approximate surface area is 342 Å². The van der Waals surface area contributed by atoms with Crippen molar-refractivity contribution in [1.29, 1.82) is 0 Å². The number of rotatable bonds is 24. The summed E-state index contributed by atoms with van der Waals surface area (Å²) in [5, 5.41) is 2.55. The molecule has 2 aromatic heterocycles. The van der Waals surface area contributed by atoms with E-state index in [0.717, 1.165) is 6.42 Å². The van der Waals surface area contributed by atoms with Crippen molar-refractivity contribution < 1.29 is 74.9 Å². The van der Waals surface area contributed by atoms with Gasteiger partial charge < -0.3 is 58.9 Å². The van der Waals surface area contributed by atoms with E-state index in [1.54, 1.807) is 35.0 Å². The van der Waals surface area contributed by atoms with Gasteiger partial charge in [0.2, 0.25) is 5.95 Å². The van der Waals surface area contributed by atoms with Gasteiger partial charge in [-0.1, -0.05) is 42.9 Å². The summed E-state index contributed by atoms with van der Waals surface area (Å²) in [6.07, 6.45) is 1.71. The Kier molecular flexibility index (Phi) is 20.1. The molecule has 0 saturated carbocycles. The minimum Gasteiger partial charge on any atom is -0.450 e. The van der Waals surface area contributed by atoms with Crippen LogP contribution in [0.5, 0.6) is 0 Å². The number of nitrogens with zero attached hydrogens (tertiary/aromatic N) is 2. The number of unbranched alkanes of at least 4 members (excludes halogenated alkanes) is 1. The monoisotopic (exact) mass is 945 g/mol. The van der Waals surface area contributed by atoms with E-state index < -0.39 is 69.6 Å². The fourth-order valence-electron chi connectivity index (χ4n) is 4.78. The van der Waals surface area contributed by atoms with Crippen LogP contribution in [0.4, 0.5) is 10.7 Å². The number of phosphoric ester groups is 1. The Bertz CT molecular complexity index is 1950. The third-order valence-electron chi connectivity index (χ3n) is 7.24. The number of hydrogen-bond acceptors (Lipinski definition) is 18. The lowest BCUT2D eigenvalue weighted by Gasteiger charge is -2.22. The van der Waals surface area contributed by atoms with Crippen LogP contribution < -0.4 is 16.6 Å². The number of anilines is 1. The number of H-pyrrole nitrogens is 1. The normalized spacial score (nSPS) is 20.0. The van der Waals surface area contributed by atoms with Crippen molar-refractivity contribution in [2.75, 3.05) is 63.9 Å². The summed E-state index contributed by atoms with van der Waals surface area (Å²) in [5.41, 5.74) is 5.44. The first-order valence-electron chi connectivity index (χ1n) is 16.6. The Morgan fingerprint density at radius 1 is 1.19 bits per heavy atom. The molecule has 324 valence electrons. The molecular formula is C28H46N5O17P3S4. The Morgan fingerprint density at radius 3 is 2.60 bits per heavy atom. The largest absolute Gasteiger partial charge is 0.490 e. The molecule has 1 amide bonds. The average molecular weight is 946 g/mol. The van der Waals surface area contributed by atoms with Crippen LogP contribution in [-0.2, 0) is 71.2 Å². The predicted molar refractivity (Wildman–Crippen MR) is 216 cm³/mol. The minimum atomic E-state index is -5.76. The molecule has 29 heteroatoms. The lowest BCUT2D eigenvalue weighted by molar-refractivity contribution is -0.0522. The van der Waals surface area contributed by atoms with Crippen LogP contribution in [0.15, 0.2) is 11.0 Å². The molecule has 3 rings (SSSR count). The number of amides is 1. The van der Waals surface area contributed by atoms with Gasteiger partial charge in [-0.2, -0.15) is 13.6 Å². The number of hydrogen-bond donors (Lipinski definition) is 7. The number of nitrogens with two attached hydrogens (primary N) is 1. The molecule has 0 bridgehead atoms. The molecule has 1 aliphatic rings. The number of fused-ring (bicyclic) bond motifs is 1. The molecule has 3 heterocycles. The van der Waals surface area contributed by atoms with Crippen LogP contribution >= 0.6 is 45.1 Å². The molecular weight excluding hydrogens is 900 g/mol. The molecule has 8 N–H and O–H groups in total. The highest BCUT2D eigenvalue weighted by molar-refractivity contribution is 8.77. The Balaban J connectivity index is 1.59. The van der Waals surface area contributed by atoms with Gasteiger partial charge in [-0.3, -0.25) is 14.3 Å². The fourth-order valence-corrected chi connectivity index (χ4v) is 10.6. The molecule has 1 saturated heterocycles. The van der Waals surface area contributed by atoms with Gasteiger partial charge in [-0.25, -0.2) is 18.5 Å². The molecule has 0 aromatic carbocycles. The van der Waals surface area contributed by atoms with Crippen molar-refractivity contribution in [3.8, 4) is 11.8 Å². The number of carbonyl (C=O) groups excluding carboxylic acids is 1. The van der Waals surface area contributed by atoms with Crippen molar-refractivity contribution in [2.45, 2.75) is 62.7 Å². The number of aromatic nitrogens is 3. The van der Waals surface area contributed by atoms with Crippen molar-refractivity contribution in [3.63, 3.8) is 0 Å². The first-order valence-corrected chi connectivity index (χ1v) is 26.2. The van der Waals surface area contributed by atoms with Crippen LogP contribution in [0.3, 0.4) is 0 Å². The van der Waals surface area contributed by atoms with Crippen molar-refractivity contribution >= 4 is 88.8 Å². The maximum absolute atomic E-state index is 13.0. The molecule has 0 spiro atoms. The number of phosphoric acid groups is 3. The second kappa shape index (κ2) is 23.0. The fraction of sp³-hybridized carbons (Fsp3) is 0.679. The van der Waals surface area contributed by atoms with Crippen LogP contribution in [0.1, 0.15) is 51.3 Å². The van der Waals surface area contributed by atoms with Gasteiger partial charge in [0.1, 0.15) is 18.3 Å². The van der Waals surface area contributed by atoms with Crippen molar-refractivity contribution in [3.05, 3.63) is 22.1 Å². The molecule has 22 nitrogen and oxygen atoms in total. The summed E-state index contributed by atoms with van der Waals surface area (Å²) in [6.45, 7) is 4.75. The summed E-state index contributed by atoms with van der Waals surface area (Å²) < 4.78 is 76.8. The Hall–Kier alpha value is -1.43. The SMILES string of the molecule is COCCC(C)(C)SSCOCCCCOC(=O)NCC#Cc1cn([C@H]2C[C@H](OCS(C)=S)[C@@H](COP(=O)(O)OP(=O)(O)OP(=O)(O)O)O2)c2nc(N)[nH]c(=O)c12. The standard InChI is InChI=1S/C28H46N5O17P3S4/c1-28(2,9-13-43-3)56-55-17-44-11-5-6-12-45-27(35)30-10-7-8-19-15-33(24-23(19)25(34)32-26(29)31-24)22-14-20(46-18-57(4)54)21(48-22)16-47-52(39,40)50-53(41,42)49-51(36,37)38/h15,20-22H,5-6,9-14,16-18H2,1-4H3,(H,30,35)(H,39,40)(H,41,42)(H2,36,37,38)(H3,29,31,32,34)/t20-,21+,22+,57?/m0/s1. The molecule has 57 heavy (non-hydrogen) atoms. The van der Waals surface area contributed by atoms with Gasteiger partial charge in [-0.05, 0) is 50.6 Å². The summed E-state index contributed by atoms with van der Waals surface area (Å²) >= 11 is 5.19. The molecule has 3 unspecified atom stereocenters. The lowest BCUT2D eigenvalue weighted by Crippen LogP contribution is -2.29. The van der Waals surface area contributed by atoms with Gasteiger partial charge >= 0.3 is 29.6 Å². The van der Waals surface area contributed by atoms with E-state index >= 15 is 0 Å². The highest BCUT2D eigenvalue weighted by Gasteiger charge is 2.44. The first kappa shape index (κ1) is 49.9. The Morgan fingerprint density at radius 2 is 1.91 bits per heavy atom. The van der Waals surface area contributed by atoms with Gasteiger partial charge in [-0.15, -0.1) is 0 Å². The number of aromatic amines is 1. The third kappa shape index (κ3) is 18.4. The predicted octanol–water partition coefficient (Wildman–Crippen LogP) is 3.02. The van der Waals surface area contributed by atoms with E-state index in [0.29, 0.717) is 32.0 Å². The van der Waals surface area contributed by atoms with E-state index in [9.17, 15) is 33.1 Å². The maximum Gasteiger partial charge on any atom is 0.490 e. The van der Waals surface area contributed by atoms with Crippen LogP contribution in [0.2, 0.25) is 0 Å². The summed E-state index contributed by atoms with van der Waals surface area (Å²) in [6, 6.07) is 0. The zero-order chi connectivity index (χ0) is 42.4. The molecule has 1 aliphatic heterocycles. The topological polar surface area (TPSA) is 312 Å². The van der Waals surface area contributed by atoms with E-state index in [1.807, 2.05) is 0 Å². The number of alkyl carbamates (subject to hydrolysis) is 1. The molecule has 0 radical (unpaired) electrons. The average Bonchev–Trinajstić information content (AvgIpc) is 3.66. The summed E-state index contributed by atoms with van der Waals surface area (Å²) in [4.78, 5) is 68.8. The number of nitrogens with one attached hydrogen (secondary N) is 2. The first-order chi connectivity index (χ1) is 26.6. The molecule has 1 fully saturated rings. The zero-order valence-electron chi connectivity index (χ0n) is 31.1.